The fourth-order valence-electron chi connectivity index (χ4n) is 5.37. The fraction of sp³-hybridized carbons (Fsp3) is 0. The molecule has 0 saturated carbocycles. The molecule has 0 aliphatic carbocycles. The number of hydrogen-bond acceptors (Lipinski definition) is 6. The van der Waals surface area contributed by atoms with Gasteiger partial charge in [-0.05, 0) is 53.1 Å². The molecule has 45 heavy (non-hydrogen) atoms. The third-order valence-electron chi connectivity index (χ3n) is 7.63. The van der Waals surface area contributed by atoms with Crippen molar-refractivity contribution in [1.29, 1.82) is 0 Å². The van der Waals surface area contributed by atoms with E-state index in [1.54, 1.807) is 17.5 Å². The summed E-state index contributed by atoms with van der Waals surface area (Å²) in [5.74, 6) is 1.87. The van der Waals surface area contributed by atoms with Crippen LogP contribution in [0.4, 0.5) is 0 Å². The van der Waals surface area contributed by atoms with Gasteiger partial charge < -0.3 is 0 Å². The fourth-order valence-corrected chi connectivity index (χ4v) is 6.38. The number of rotatable bonds is 6. The number of aromatic nitrogens is 5. The molecule has 3 aromatic heterocycles. The van der Waals surface area contributed by atoms with Gasteiger partial charge in [0, 0.05) is 40.2 Å². The minimum Gasteiger partial charge on any atom is -0.264 e. The van der Waals surface area contributed by atoms with E-state index >= 15 is 0 Å². The molecule has 0 saturated heterocycles. The third-order valence-corrected chi connectivity index (χ3v) is 8.70. The van der Waals surface area contributed by atoms with Gasteiger partial charge in [-0.15, -0.1) is 11.3 Å². The molecule has 0 unspecified atom stereocenters. The molecule has 5 aromatic carbocycles. The van der Waals surface area contributed by atoms with Crippen molar-refractivity contribution in [3.05, 3.63) is 152 Å². The van der Waals surface area contributed by atoms with Crippen molar-refractivity contribution in [2.45, 2.75) is 0 Å². The summed E-state index contributed by atoms with van der Waals surface area (Å²) < 4.78 is 1.14. The van der Waals surface area contributed by atoms with Gasteiger partial charge in [0.15, 0.2) is 17.5 Å². The molecule has 0 spiro atoms. The van der Waals surface area contributed by atoms with E-state index in [0.29, 0.717) is 17.5 Å². The van der Waals surface area contributed by atoms with Gasteiger partial charge in [-0.1, -0.05) is 103 Å². The number of pyridine rings is 1. The molecule has 0 fully saturated rings. The standard InChI is InChI=1S/C39H25N5S/c1-4-11-26(12-5-1)36-42-37(27-13-6-2-7-14-27)44-38(43-36)33-22-31(21-32(23-33)30-17-10-20-40-25-30)29-18-19-34-35(24-29)45-39(41-34)28-15-8-3-9-16-28/h1-25H. The average molecular weight is 596 g/mol. The van der Waals surface area contributed by atoms with Crippen molar-refractivity contribution in [2.75, 3.05) is 0 Å². The van der Waals surface area contributed by atoms with E-state index in [1.807, 2.05) is 91.1 Å². The van der Waals surface area contributed by atoms with Crippen LogP contribution in [0.3, 0.4) is 0 Å². The second-order valence-electron chi connectivity index (χ2n) is 10.6. The molecule has 212 valence electrons. The highest BCUT2D eigenvalue weighted by molar-refractivity contribution is 7.21. The maximum absolute atomic E-state index is 5.01. The van der Waals surface area contributed by atoms with Crippen molar-refractivity contribution in [2.24, 2.45) is 0 Å². The monoisotopic (exact) mass is 595 g/mol. The minimum atomic E-state index is 0.611. The van der Waals surface area contributed by atoms with Gasteiger partial charge in [-0.3, -0.25) is 4.98 Å². The Kier molecular flexibility index (Phi) is 6.94. The molecule has 0 bridgehead atoms. The lowest BCUT2D eigenvalue weighted by Gasteiger charge is -2.12. The molecule has 0 atom stereocenters. The largest absolute Gasteiger partial charge is 0.264 e. The molecular formula is C39H25N5S. The quantitative estimate of drug-likeness (QED) is 0.191. The van der Waals surface area contributed by atoms with Gasteiger partial charge in [0.25, 0.3) is 0 Å². The molecule has 0 aliphatic rings. The highest BCUT2D eigenvalue weighted by Gasteiger charge is 2.15. The highest BCUT2D eigenvalue weighted by Crippen LogP contribution is 2.36. The van der Waals surface area contributed by atoms with Crippen LogP contribution in [-0.2, 0) is 0 Å². The van der Waals surface area contributed by atoms with E-state index in [1.165, 1.54) is 0 Å². The Morgan fingerprint density at radius 2 is 0.911 bits per heavy atom. The van der Waals surface area contributed by atoms with E-state index in [4.69, 9.17) is 19.9 Å². The van der Waals surface area contributed by atoms with Crippen LogP contribution < -0.4 is 0 Å². The van der Waals surface area contributed by atoms with Gasteiger partial charge in [0.2, 0.25) is 0 Å². The summed E-state index contributed by atoms with van der Waals surface area (Å²) in [5, 5.41) is 1.01. The van der Waals surface area contributed by atoms with Crippen LogP contribution in [0.5, 0.6) is 0 Å². The smallest absolute Gasteiger partial charge is 0.164 e. The van der Waals surface area contributed by atoms with Crippen LogP contribution >= 0.6 is 11.3 Å². The van der Waals surface area contributed by atoms with Crippen molar-refractivity contribution in [1.82, 2.24) is 24.9 Å². The first-order chi connectivity index (χ1) is 22.3. The summed E-state index contributed by atoms with van der Waals surface area (Å²) in [6, 6.07) is 47.4. The summed E-state index contributed by atoms with van der Waals surface area (Å²) in [6.07, 6.45) is 3.68. The summed E-state index contributed by atoms with van der Waals surface area (Å²) in [6.45, 7) is 0. The van der Waals surface area contributed by atoms with E-state index in [2.05, 4.69) is 59.6 Å². The highest BCUT2D eigenvalue weighted by atomic mass is 32.1. The Bertz CT molecular complexity index is 2190. The number of hydrogen-bond donors (Lipinski definition) is 0. The number of fused-ring (bicyclic) bond motifs is 1. The van der Waals surface area contributed by atoms with Gasteiger partial charge >= 0.3 is 0 Å². The molecule has 0 aliphatic heterocycles. The maximum Gasteiger partial charge on any atom is 0.164 e. The molecule has 0 N–H and O–H groups in total. The van der Waals surface area contributed by atoms with Crippen molar-refractivity contribution in [3.63, 3.8) is 0 Å². The Balaban J connectivity index is 1.30. The maximum atomic E-state index is 5.01. The average Bonchev–Trinajstić information content (AvgIpc) is 3.57. The zero-order valence-corrected chi connectivity index (χ0v) is 24.9. The predicted molar refractivity (Wildman–Crippen MR) is 183 cm³/mol. The van der Waals surface area contributed by atoms with E-state index < -0.39 is 0 Å². The van der Waals surface area contributed by atoms with Gasteiger partial charge in [-0.25, -0.2) is 19.9 Å². The minimum absolute atomic E-state index is 0.611. The molecule has 6 heteroatoms. The lowest BCUT2D eigenvalue weighted by molar-refractivity contribution is 1.07. The first kappa shape index (κ1) is 26.8. The Hall–Kier alpha value is -5.85. The topological polar surface area (TPSA) is 64.5 Å². The van der Waals surface area contributed by atoms with Crippen LogP contribution in [0.15, 0.2) is 152 Å². The van der Waals surface area contributed by atoms with Crippen LogP contribution in [-0.4, -0.2) is 24.9 Å². The van der Waals surface area contributed by atoms with Crippen molar-refractivity contribution in [3.8, 4) is 67.0 Å². The summed E-state index contributed by atoms with van der Waals surface area (Å²) in [5.41, 5.74) is 9.10. The SMILES string of the molecule is c1ccc(-c2nc(-c3ccccc3)nc(-c3cc(-c4cccnc4)cc(-c4ccc5nc(-c6ccccc6)sc5c4)c3)n2)cc1. The van der Waals surface area contributed by atoms with Gasteiger partial charge in [-0.2, -0.15) is 0 Å². The van der Waals surface area contributed by atoms with E-state index in [0.717, 1.165) is 59.7 Å². The van der Waals surface area contributed by atoms with Crippen molar-refractivity contribution < 1.29 is 0 Å². The summed E-state index contributed by atoms with van der Waals surface area (Å²) in [7, 11) is 0. The number of benzene rings is 5. The predicted octanol–water partition coefficient (Wildman–Crippen LogP) is 9.88. The Morgan fingerprint density at radius 3 is 1.51 bits per heavy atom. The third kappa shape index (κ3) is 5.51. The number of thiazole rings is 1. The Morgan fingerprint density at radius 1 is 0.378 bits per heavy atom. The Labute approximate surface area is 264 Å². The lowest BCUT2D eigenvalue weighted by Crippen LogP contribution is -2.00. The lowest BCUT2D eigenvalue weighted by atomic mass is 9.96. The molecule has 8 aromatic rings. The van der Waals surface area contributed by atoms with Crippen LogP contribution in [0.2, 0.25) is 0 Å². The zero-order valence-electron chi connectivity index (χ0n) is 24.1. The molecular weight excluding hydrogens is 571 g/mol. The molecule has 8 rings (SSSR count). The van der Waals surface area contributed by atoms with Gasteiger partial charge in [0.1, 0.15) is 5.01 Å². The van der Waals surface area contributed by atoms with E-state index in [-0.39, 0.29) is 0 Å². The second kappa shape index (κ2) is 11.7. The van der Waals surface area contributed by atoms with Crippen molar-refractivity contribution >= 4 is 21.6 Å². The molecule has 0 amide bonds. The summed E-state index contributed by atoms with van der Waals surface area (Å²) in [4.78, 5) is 24.2. The normalized spacial score (nSPS) is 11.1. The van der Waals surface area contributed by atoms with Crippen LogP contribution in [0.1, 0.15) is 0 Å². The first-order valence-corrected chi connectivity index (χ1v) is 15.5. The van der Waals surface area contributed by atoms with Crippen LogP contribution in [0.25, 0.3) is 77.2 Å². The zero-order chi connectivity index (χ0) is 30.0. The van der Waals surface area contributed by atoms with E-state index in [9.17, 15) is 0 Å². The summed E-state index contributed by atoms with van der Waals surface area (Å²) >= 11 is 1.71. The first-order valence-electron chi connectivity index (χ1n) is 14.7. The van der Waals surface area contributed by atoms with Gasteiger partial charge in [0.05, 0.1) is 10.2 Å². The molecule has 3 heterocycles. The second-order valence-corrected chi connectivity index (χ2v) is 11.7. The molecule has 0 radical (unpaired) electrons. The van der Waals surface area contributed by atoms with Crippen LogP contribution in [0, 0.1) is 0 Å². The number of nitrogens with zero attached hydrogens (tertiary/aromatic N) is 5. The molecule has 5 nitrogen and oxygen atoms in total.